The number of fused-ring (bicyclic) bond motifs is 1. The van der Waals surface area contributed by atoms with Crippen LogP contribution in [0.4, 0.5) is 4.39 Å². The molecule has 0 bridgehead atoms. The van der Waals surface area contributed by atoms with E-state index in [1.165, 1.54) is 0 Å². The Hall–Kier alpha value is -1.71. The molecule has 0 radical (unpaired) electrons. The lowest BCUT2D eigenvalue weighted by molar-refractivity contribution is 0.466. The number of benzene rings is 1. The molecule has 66 valence electrons. The number of aromatic amines is 1. The number of H-pyrrole nitrogens is 1. The summed E-state index contributed by atoms with van der Waals surface area (Å²) < 4.78 is 12.2. The van der Waals surface area contributed by atoms with Gasteiger partial charge in [-0.3, -0.25) is 4.79 Å². The zero-order chi connectivity index (χ0) is 9.26. The maximum Gasteiger partial charge on any atom is 0.258 e. The van der Waals surface area contributed by atoms with E-state index in [2.05, 4.69) is 9.97 Å². The molecule has 4 heteroatoms. The highest BCUT2D eigenvalue weighted by Crippen LogP contribution is 2.05. The molecule has 2 rings (SSSR count). The average Bonchev–Trinajstić information content (AvgIpc) is 2.18. The summed E-state index contributed by atoms with van der Waals surface area (Å²) in [5, 5.41) is 0.486. The number of hydrogen-bond donors (Lipinski definition) is 1. The van der Waals surface area contributed by atoms with E-state index in [-0.39, 0.29) is 11.4 Å². The topological polar surface area (TPSA) is 45.8 Å². The van der Waals surface area contributed by atoms with Crippen molar-refractivity contribution in [3.63, 3.8) is 0 Å². The first kappa shape index (κ1) is 7.91. The summed E-state index contributed by atoms with van der Waals surface area (Å²) in [6.07, 6.45) is 0. The Morgan fingerprint density at radius 2 is 2.15 bits per heavy atom. The quantitative estimate of drug-likeness (QED) is 0.717. The molecule has 0 saturated carbocycles. The van der Waals surface area contributed by atoms with Crippen LogP contribution in [-0.4, -0.2) is 9.97 Å². The Balaban J connectivity index is 2.85. The van der Waals surface area contributed by atoms with E-state index in [1.54, 1.807) is 24.3 Å². The summed E-state index contributed by atoms with van der Waals surface area (Å²) in [6, 6.07) is 6.85. The van der Waals surface area contributed by atoms with Crippen LogP contribution >= 0.6 is 0 Å². The first-order valence-electron chi connectivity index (χ1n) is 3.85. The summed E-state index contributed by atoms with van der Waals surface area (Å²) in [5.41, 5.74) is 0.233. The van der Waals surface area contributed by atoms with Gasteiger partial charge >= 0.3 is 0 Å². The van der Waals surface area contributed by atoms with Gasteiger partial charge in [0.2, 0.25) is 0 Å². The molecule has 1 heterocycles. The molecule has 13 heavy (non-hydrogen) atoms. The van der Waals surface area contributed by atoms with Crippen LogP contribution < -0.4 is 5.56 Å². The van der Waals surface area contributed by atoms with Crippen molar-refractivity contribution in [2.24, 2.45) is 0 Å². The van der Waals surface area contributed by atoms with Crippen molar-refractivity contribution >= 4 is 10.9 Å². The number of rotatable bonds is 1. The van der Waals surface area contributed by atoms with Gasteiger partial charge in [-0.05, 0) is 12.1 Å². The Morgan fingerprint density at radius 1 is 1.38 bits per heavy atom. The van der Waals surface area contributed by atoms with E-state index in [4.69, 9.17) is 0 Å². The Labute approximate surface area is 73.2 Å². The van der Waals surface area contributed by atoms with Crippen LogP contribution in [-0.2, 0) is 6.67 Å². The number of alkyl halides is 1. The number of halogens is 1. The number of aromatic nitrogens is 2. The first-order chi connectivity index (χ1) is 6.31. The molecular formula is C9H7FN2O. The van der Waals surface area contributed by atoms with Gasteiger partial charge in [-0.2, -0.15) is 0 Å². The van der Waals surface area contributed by atoms with Crippen LogP contribution in [0.3, 0.4) is 0 Å². The second-order valence-corrected chi connectivity index (χ2v) is 2.66. The third kappa shape index (κ3) is 1.30. The normalized spacial score (nSPS) is 10.5. The van der Waals surface area contributed by atoms with Crippen molar-refractivity contribution in [3.05, 3.63) is 40.4 Å². The minimum absolute atomic E-state index is 0.0729. The van der Waals surface area contributed by atoms with Crippen LogP contribution in [0.2, 0.25) is 0 Å². The highest BCUT2D eigenvalue weighted by molar-refractivity contribution is 5.77. The van der Waals surface area contributed by atoms with E-state index >= 15 is 0 Å². The number of hydrogen-bond acceptors (Lipinski definition) is 2. The Morgan fingerprint density at radius 3 is 2.92 bits per heavy atom. The molecule has 0 saturated heterocycles. The number of nitrogens with zero attached hydrogens (tertiary/aromatic N) is 1. The summed E-state index contributed by atoms with van der Waals surface area (Å²) >= 11 is 0. The van der Waals surface area contributed by atoms with Gasteiger partial charge in [0.25, 0.3) is 5.56 Å². The molecule has 1 aromatic carbocycles. The first-order valence-corrected chi connectivity index (χ1v) is 3.85. The van der Waals surface area contributed by atoms with E-state index in [0.29, 0.717) is 10.9 Å². The van der Waals surface area contributed by atoms with Gasteiger partial charge in [-0.15, -0.1) is 0 Å². The molecule has 0 fully saturated rings. The van der Waals surface area contributed by atoms with Crippen molar-refractivity contribution < 1.29 is 4.39 Å². The molecule has 0 unspecified atom stereocenters. The van der Waals surface area contributed by atoms with Crippen molar-refractivity contribution in [1.82, 2.24) is 9.97 Å². The highest BCUT2D eigenvalue weighted by atomic mass is 19.1. The summed E-state index contributed by atoms with van der Waals surface area (Å²) in [5.74, 6) is 0.0729. The van der Waals surface area contributed by atoms with Gasteiger partial charge in [-0.25, -0.2) is 9.37 Å². The lowest BCUT2D eigenvalue weighted by Crippen LogP contribution is -2.10. The summed E-state index contributed by atoms with van der Waals surface area (Å²) in [7, 11) is 0. The SMILES string of the molecule is O=c1[nH]c(CF)nc2ccccc12. The van der Waals surface area contributed by atoms with E-state index in [9.17, 15) is 9.18 Å². The smallest absolute Gasteiger partial charge is 0.258 e. The van der Waals surface area contributed by atoms with E-state index in [0.717, 1.165) is 0 Å². The molecule has 0 aliphatic rings. The highest BCUT2D eigenvalue weighted by Gasteiger charge is 2.01. The largest absolute Gasteiger partial charge is 0.308 e. The predicted octanol–water partition coefficient (Wildman–Crippen LogP) is 1.39. The molecule has 2 aromatic rings. The van der Waals surface area contributed by atoms with Gasteiger partial charge in [0.05, 0.1) is 10.9 Å². The molecule has 0 spiro atoms. The fourth-order valence-corrected chi connectivity index (χ4v) is 1.20. The third-order valence-corrected chi connectivity index (χ3v) is 1.79. The van der Waals surface area contributed by atoms with E-state index < -0.39 is 6.67 Å². The van der Waals surface area contributed by atoms with Gasteiger partial charge in [0.15, 0.2) is 0 Å². The fraction of sp³-hybridized carbons (Fsp3) is 0.111. The maximum atomic E-state index is 12.2. The zero-order valence-corrected chi connectivity index (χ0v) is 6.75. The van der Waals surface area contributed by atoms with Gasteiger partial charge in [0, 0.05) is 0 Å². The fourth-order valence-electron chi connectivity index (χ4n) is 1.20. The van der Waals surface area contributed by atoms with Crippen LogP contribution in [0.15, 0.2) is 29.1 Å². The van der Waals surface area contributed by atoms with Crippen molar-refractivity contribution in [1.29, 1.82) is 0 Å². The van der Waals surface area contributed by atoms with Gasteiger partial charge in [-0.1, -0.05) is 12.1 Å². The van der Waals surface area contributed by atoms with Crippen molar-refractivity contribution in [3.8, 4) is 0 Å². The van der Waals surface area contributed by atoms with Crippen LogP contribution in [0.25, 0.3) is 10.9 Å². The predicted molar refractivity (Wildman–Crippen MR) is 47.2 cm³/mol. The molecule has 0 atom stereocenters. The van der Waals surface area contributed by atoms with Gasteiger partial charge < -0.3 is 4.98 Å². The van der Waals surface area contributed by atoms with Crippen LogP contribution in [0, 0.1) is 0 Å². The standard InChI is InChI=1S/C9H7FN2O/c10-5-8-11-7-4-2-1-3-6(7)9(13)12-8/h1-4H,5H2,(H,11,12,13). The average molecular weight is 178 g/mol. The van der Waals surface area contributed by atoms with Crippen molar-refractivity contribution in [2.45, 2.75) is 6.67 Å². The Bertz CT molecular complexity index is 492. The second-order valence-electron chi connectivity index (χ2n) is 2.66. The number of nitrogens with one attached hydrogen (secondary N) is 1. The van der Waals surface area contributed by atoms with Crippen LogP contribution in [0.1, 0.15) is 5.82 Å². The van der Waals surface area contributed by atoms with Crippen LogP contribution in [0.5, 0.6) is 0 Å². The molecule has 1 N–H and O–H groups in total. The molecule has 0 aliphatic carbocycles. The lowest BCUT2D eigenvalue weighted by atomic mass is 10.2. The molecule has 3 nitrogen and oxygen atoms in total. The van der Waals surface area contributed by atoms with Gasteiger partial charge in [0.1, 0.15) is 12.5 Å². The molecule has 0 amide bonds. The summed E-state index contributed by atoms with van der Waals surface area (Å²) in [4.78, 5) is 17.6. The third-order valence-electron chi connectivity index (χ3n) is 1.79. The minimum Gasteiger partial charge on any atom is -0.308 e. The second kappa shape index (κ2) is 2.97. The zero-order valence-electron chi connectivity index (χ0n) is 6.75. The minimum atomic E-state index is -0.750. The maximum absolute atomic E-state index is 12.2. The molecular weight excluding hydrogens is 171 g/mol. The molecule has 0 aliphatic heterocycles. The lowest BCUT2D eigenvalue weighted by Gasteiger charge is -1.97. The Kier molecular flexibility index (Phi) is 1.81. The monoisotopic (exact) mass is 178 g/mol. The summed E-state index contributed by atoms with van der Waals surface area (Å²) in [6.45, 7) is -0.750. The number of para-hydroxylation sites is 1. The van der Waals surface area contributed by atoms with Crippen molar-refractivity contribution in [2.75, 3.05) is 0 Å². The molecule has 1 aromatic heterocycles. The van der Waals surface area contributed by atoms with E-state index in [1.807, 2.05) is 0 Å².